The zero-order valence-corrected chi connectivity index (χ0v) is 15.8. The Kier molecular flexibility index (Phi) is 5.03. The monoisotopic (exact) mass is 378 g/mol. The zero-order valence-electron chi connectivity index (χ0n) is 15.8. The molecule has 144 valence electrons. The lowest BCUT2D eigenvalue weighted by atomic mass is 9.95. The molecule has 0 saturated heterocycles. The van der Waals surface area contributed by atoms with Gasteiger partial charge in [0.2, 0.25) is 5.91 Å². The molecule has 0 radical (unpaired) electrons. The molecule has 2 aromatic heterocycles. The summed E-state index contributed by atoms with van der Waals surface area (Å²) >= 11 is 0. The van der Waals surface area contributed by atoms with Crippen LogP contribution in [-0.4, -0.2) is 44.4 Å². The number of anilines is 1. The topological polar surface area (TPSA) is 96.0 Å². The summed E-state index contributed by atoms with van der Waals surface area (Å²) in [6.45, 7) is 3.09. The summed E-state index contributed by atoms with van der Waals surface area (Å²) in [5.41, 5.74) is 5.12. The van der Waals surface area contributed by atoms with E-state index in [0.29, 0.717) is 12.6 Å². The molecule has 0 bridgehead atoms. The van der Waals surface area contributed by atoms with Crippen LogP contribution in [0.4, 0.5) is 5.69 Å². The van der Waals surface area contributed by atoms with Crippen molar-refractivity contribution in [1.29, 1.82) is 0 Å². The summed E-state index contributed by atoms with van der Waals surface area (Å²) in [6.07, 6.45) is 6.25. The Labute approximate surface area is 163 Å². The number of nitrogens with one attached hydrogen (secondary N) is 2. The standard InChI is InChI=1S/C20H22N6O2/c1-13(27)25-16-5-3-15(4-6-16)19-18-17(23-12-24-18)7-8-26(19)11-14-9-21-20(28-2)22-10-14/h3-6,9-10,12,19H,7-8,11H2,1-2H3,(H,23,24)(H,25,27). The molecule has 3 heterocycles. The molecule has 28 heavy (non-hydrogen) atoms. The van der Waals surface area contributed by atoms with Crippen LogP contribution in [0.2, 0.25) is 0 Å². The van der Waals surface area contributed by atoms with Crippen molar-refractivity contribution in [2.45, 2.75) is 25.9 Å². The van der Waals surface area contributed by atoms with Gasteiger partial charge >= 0.3 is 6.01 Å². The van der Waals surface area contributed by atoms with Gasteiger partial charge in [0.15, 0.2) is 0 Å². The smallest absolute Gasteiger partial charge is 0.316 e. The highest BCUT2D eigenvalue weighted by atomic mass is 16.5. The Morgan fingerprint density at radius 3 is 2.68 bits per heavy atom. The molecule has 8 nitrogen and oxygen atoms in total. The second-order valence-electron chi connectivity index (χ2n) is 6.77. The Bertz CT molecular complexity index is 952. The molecular formula is C20H22N6O2. The lowest BCUT2D eigenvalue weighted by Gasteiger charge is -2.35. The zero-order chi connectivity index (χ0) is 19.5. The molecule has 1 aromatic carbocycles. The number of amides is 1. The minimum atomic E-state index is -0.0823. The minimum Gasteiger partial charge on any atom is -0.467 e. The molecule has 1 unspecified atom stereocenters. The van der Waals surface area contributed by atoms with E-state index >= 15 is 0 Å². The van der Waals surface area contributed by atoms with Gasteiger partial charge in [0.1, 0.15) is 0 Å². The third-order valence-electron chi connectivity index (χ3n) is 4.82. The molecule has 1 aliphatic rings. The summed E-state index contributed by atoms with van der Waals surface area (Å²) in [5, 5.41) is 2.81. The van der Waals surface area contributed by atoms with Gasteiger partial charge in [-0.25, -0.2) is 15.0 Å². The van der Waals surface area contributed by atoms with Gasteiger partial charge in [0.05, 0.1) is 25.2 Å². The molecule has 0 spiro atoms. The van der Waals surface area contributed by atoms with Crippen LogP contribution in [0.3, 0.4) is 0 Å². The van der Waals surface area contributed by atoms with Crippen molar-refractivity contribution in [1.82, 2.24) is 24.8 Å². The molecule has 1 atom stereocenters. The number of benzene rings is 1. The number of hydrogen-bond acceptors (Lipinski definition) is 6. The van der Waals surface area contributed by atoms with E-state index in [4.69, 9.17) is 4.74 Å². The molecule has 0 saturated carbocycles. The maximum absolute atomic E-state index is 11.3. The van der Waals surface area contributed by atoms with Crippen LogP contribution in [0.5, 0.6) is 6.01 Å². The van der Waals surface area contributed by atoms with E-state index in [9.17, 15) is 4.79 Å². The van der Waals surface area contributed by atoms with Gasteiger partial charge in [0, 0.05) is 55.8 Å². The van der Waals surface area contributed by atoms with Crippen LogP contribution in [-0.2, 0) is 17.8 Å². The number of rotatable bonds is 5. The fraction of sp³-hybridized carbons (Fsp3) is 0.300. The molecule has 8 heteroatoms. The molecule has 2 N–H and O–H groups in total. The fourth-order valence-electron chi connectivity index (χ4n) is 3.58. The van der Waals surface area contributed by atoms with Crippen LogP contribution >= 0.6 is 0 Å². The van der Waals surface area contributed by atoms with E-state index in [0.717, 1.165) is 41.2 Å². The summed E-state index contributed by atoms with van der Waals surface area (Å²) in [5.74, 6) is -0.0823. The van der Waals surface area contributed by atoms with Crippen molar-refractivity contribution < 1.29 is 9.53 Å². The summed E-state index contributed by atoms with van der Waals surface area (Å²) < 4.78 is 5.04. The number of methoxy groups -OCH3 is 1. The number of hydrogen-bond donors (Lipinski definition) is 2. The molecular weight excluding hydrogens is 356 g/mol. The Hall–Kier alpha value is -3.26. The maximum atomic E-state index is 11.3. The Morgan fingerprint density at radius 1 is 1.25 bits per heavy atom. The Morgan fingerprint density at radius 2 is 2.00 bits per heavy atom. The van der Waals surface area contributed by atoms with E-state index in [1.807, 2.05) is 24.3 Å². The van der Waals surface area contributed by atoms with Crippen molar-refractivity contribution in [3.05, 3.63) is 65.5 Å². The van der Waals surface area contributed by atoms with Gasteiger partial charge in [-0.05, 0) is 17.7 Å². The molecule has 3 aromatic rings. The number of H-pyrrole nitrogens is 1. The average Bonchev–Trinajstić information content (AvgIpc) is 3.17. The number of fused-ring (bicyclic) bond motifs is 1. The van der Waals surface area contributed by atoms with Crippen molar-refractivity contribution in [3.8, 4) is 6.01 Å². The van der Waals surface area contributed by atoms with Gasteiger partial charge in [-0.1, -0.05) is 12.1 Å². The number of nitrogens with zero attached hydrogens (tertiary/aromatic N) is 4. The average molecular weight is 378 g/mol. The second-order valence-corrected chi connectivity index (χ2v) is 6.77. The van der Waals surface area contributed by atoms with Crippen LogP contribution < -0.4 is 10.1 Å². The number of aromatic amines is 1. The van der Waals surface area contributed by atoms with Crippen molar-refractivity contribution in [2.75, 3.05) is 19.0 Å². The van der Waals surface area contributed by atoms with Crippen LogP contribution in [0, 0.1) is 0 Å². The first-order valence-electron chi connectivity index (χ1n) is 9.12. The lowest BCUT2D eigenvalue weighted by molar-refractivity contribution is -0.114. The molecule has 1 amide bonds. The Balaban J connectivity index is 1.62. The van der Waals surface area contributed by atoms with Crippen molar-refractivity contribution in [3.63, 3.8) is 0 Å². The first kappa shape index (κ1) is 18.1. The van der Waals surface area contributed by atoms with E-state index in [-0.39, 0.29) is 11.9 Å². The first-order chi connectivity index (χ1) is 13.6. The molecule has 4 rings (SSSR count). The highest BCUT2D eigenvalue weighted by molar-refractivity contribution is 5.88. The molecule has 0 aliphatic carbocycles. The fourth-order valence-corrected chi connectivity index (χ4v) is 3.58. The number of aromatic nitrogens is 4. The highest BCUT2D eigenvalue weighted by Crippen LogP contribution is 2.34. The summed E-state index contributed by atoms with van der Waals surface area (Å²) in [6, 6.07) is 8.30. The second kappa shape index (κ2) is 7.77. The van der Waals surface area contributed by atoms with E-state index in [2.05, 4.69) is 30.2 Å². The van der Waals surface area contributed by atoms with Gasteiger partial charge in [-0.2, -0.15) is 0 Å². The lowest BCUT2D eigenvalue weighted by Crippen LogP contribution is -2.35. The largest absolute Gasteiger partial charge is 0.467 e. The normalized spacial score (nSPS) is 16.4. The number of carbonyl (C=O) groups is 1. The molecule has 1 aliphatic heterocycles. The van der Waals surface area contributed by atoms with E-state index < -0.39 is 0 Å². The predicted octanol–water partition coefficient (Wildman–Crippen LogP) is 2.31. The van der Waals surface area contributed by atoms with Gasteiger partial charge in [-0.3, -0.25) is 9.69 Å². The summed E-state index contributed by atoms with van der Waals surface area (Å²) in [4.78, 5) is 29.9. The third kappa shape index (κ3) is 3.72. The van der Waals surface area contributed by atoms with Crippen LogP contribution in [0.25, 0.3) is 0 Å². The van der Waals surface area contributed by atoms with E-state index in [1.165, 1.54) is 6.92 Å². The third-order valence-corrected chi connectivity index (χ3v) is 4.82. The minimum absolute atomic E-state index is 0.0171. The summed E-state index contributed by atoms with van der Waals surface area (Å²) in [7, 11) is 1.55. The predicted molar refractivity (Wildman–Crippen MR) is 104 cm³/mol. The number of carbonyl (C=O) groups excluding carboxylic acids is 1. The van der Waals surface area contributed by atoms with Crippen molar-refractivity contribution >= 4 is 11.6 Å². The maximum Gasteiger partial charge on any atom is 0.316 e. The molecule has 0 fully saturated rings. The van der Waals surface area contributed by atoms with Gasteiger partial charge < -0.3 is 15.0 Å². The van der Waals surface area contributed by atoms with Gasteiger partial charge in [0.25, 0.3) is 0 Å². The number of imidazole rings is 1. The van der Waals surface area contributed by atoms with Gasteiger partial charge in [-0.15, -0.1) is 0 Å². The van der Waals surface area contributed by atoms with Crippen LogP contribution in [0.1, 0.15) is 35.5 Å². The first-order valence-corrected chi connectivity index (χ1v) is 9.12. The van der Waals surface area contributed by atoms with E-state index in [1.54, 1.807) is 25.8 Å². The highest BCUT2D eigenvalue weighted by Gasteiger charge is 2.31. The number of ether oxygens (including phenoxy) is 1. The SMILES string of the molecule is COc1ncc(CN2CCc3[nH]cnc3C2c2ccc(NC(C)=O)cc2)cn1. The van der Waals surface area contributed by atoms with Crippen molar-refractivity contribution in [2.24, 2.45) is 0 Å². The quantitative estimate of drug-likeness (QED) is 0.707. The van der Waals surface area contributed by atoms with Crippen LogP contribution in [0.15, 0.2) is 43.0 Å².